The number of hydrogen-bond donors (Lipinski definition) is 3. The summed E-state index contributed by atoms with van der Waals surface area (Å²) in [4.78, 5) is 4.66. The van der Waals surface area contributed by atoms with Crippen LogP contribution < -0.4 is 21.1 Å². The molecule has 0 aliphatic heterocycles. The van der Waals surface area contributed by atoms with E-state index >= 15 is 0 Å². The Balaban J connectivity index is 1.71. The molecule has 26 heavy (non-hydrogen) atoms. The molecule has 0 aromatic carbocycles. The highest BCUT2D eigenvalue weighted by Gasteiger charge is 2.22. The molecule has 0 bridgehead atoms. The maximum atomic E-state index is 6.21. The lowest BCUT2D eigenvalue weighted by Gasteiger charge is -2.29. The summed E-state index contributed by atoms with van der Waals surface area (Å²) in [7, 11) is 1.67. The summed E-state index contributed by atoms with van der Waals surface area (Å²) in [5, 5.41) is 15.0. The largest absolute Gasteiger partial charge is 0.495 e. The van der Waals surface area contributed by atoms with E-state index in [1.807, 2.05) is 18.2 Å². The number of nitrogens with zero attached hydrogens (tertiary/aromatic N) is 3. The molecular formula is C19H28N6O. The average molecular weight is 356 g/mol. The van der Waals surface area contributed by atoms with Crippen molar-refractivity contribution in [2.45, 2.75) is 57.5 Å². The van der Waals surface area contributed by atoms with Gasteiger partial charge in [-0.2, -0.15) is 5.10 Å². The van der Waals surface area contributed by atoms with Crippen molar-refractivity contribution in [1.82, 2.24) is 15.2 Å². The van der Waals surface area contributed by atoms with Crippen LogP contribution in [-0.4, -0.2) is 34.4 Å². The van der Waals surface area contributed by atoms with E-state index in [1.165, 1.54) is 12.8 Å². The smallest absolute Gasteiger partial charge is 0.150 e. The van der Waals surface area contributed by atoms with E-state index in [-0.39, 0.29) is 12.1 Å². The number of nitrogens with two attached hydrogens (primary N) is 1. The predicted molar refractivity (Wildman–Crippen MR) is 104 cm³/mol. The molecule has 4 N–H and O–H groups in total. The van der Waals surface area contributed by atoms with Gasteiger partial charge in [-0.15, -0.1) is 5.10 Å². The molecule has 2 heterocycles. The van der Waals surface area contributed by atoms with Crippen LogP contribution in [0.4, 0.5) is 17.3 Å². The Labute approximate surface area is 154 Å². The van der Waals surface area contributed by atoms with Crippen molar-refractivity contribution < 1.29 is 4.74 Å². The van der Waals surface area contributed by atoms with Gasteiger partial charge in [0.25, 0.3) is 0 Å². The van der Waals surface area contributed by atoms with E-state index in [1.54, 1.807) is 13.3 Å². The second-order valence-electron chi connectivity index (χ2n) is 6.75. The molecule has 3 rings (SSSR count). The fourth-order valence-electron chi connectivity index (χ4n) is 3.34. The minimum atomic E-state index is 0.169. The summed E-state index contributed by atoms with van der Waals surface area (Å²) in [6.45, 7) is 2.13. The molecule has 7 nitrogen and oxygen atoms in total. The summed E-state index contributed by atoms with van der Waals surface area (Å²) in [5.41, 5.74) is 8.00. The minimum absolute atomic E-state index is 0.169. The third-order valence-electron chi connectivity index (χ3n) is 4.72. The number of hydrogen-bond acceptors (Lipinski definition) is 7. The molecule has 2 aromatic heterocycles. The number of anilines is 3. The number of pyridine rings is 1. The molecule has 0 spiro atoms. The van der Waals surface area contributed by atoms with Crippen LogP contribution in [0, 0.1) is 0 Å². The monoisotopic (exact) mass is 356 g/mol. The van der Waals surface area contributed by atoms with Crippen LogP contribution >= 0.6 is 0 Å². The Morgan fingerprint density at radius 3 is 2.85 bits per heavy atom. The Hall–Kier alpha value is -2.41. The number of methoxy groups -OCH3 is 1. The Morgan fingerprint density at radius 2 is 2.08 bits per heavy atom. The van der Waals surface area contributed by atoms with Crippen molar-refractivity contribution >= 4 is 17.3 Å². The zero-order valence-corrected chi connectivity index (χ0v) is 15.5. The van der Waals surface area contributed by atoms with Gasteiger partial charge in [-0.3, -0.25) is 0 Å². The normalized spacial score (nSPS) is 19.8. The van der Waals surface area contributed by atoms with Crippen molar-refractivity contribution in [2.24, 2.45) is 5.73 Å². The molecule has 0 amide bonds. The van der Waals surface area contributed by atoms with Crippen molar-refractivity contribution in [2.75, 3.05) is 17.7 Å². The lowest BCUT2D eigenvalue weighted by Crippen LogP contribution is -2.42. The van der Waals surface area contributed by atoms with E-state index in [0.717, 1.165) is 54.4 Å². The van der Waals surface area contributed by atoms with Gasteiger partial charge in [0.2, 0.25) is 0 Å². The van der Waals surface area contributed by atoms with Gasteiger partial charge in [-0.25, -0.2) is 4.98 Å². The minimum Gasteiger partial charge on any atom is -0.495 e. The van der Waals surface area contributed by atoms with E-state index in [9.17, 15) is 0 Å². The van der Waals surface area contributed by atoms with Gasteiger partial charge in [0.15, 0.2) is 5.82 Å². The molecule has 1 fully saturated rings. The first-order valence-electron chi connectivity index (χ1n) is 9.35. The van der Waals surface area contributed by atoms with Gasteiger partial charge in [-0.05, 0) is 31.4 Å². The standard InChI is InChI=1S/C19H28N6O/c1-3-6-16-17(26-2)9-10-18(24-16)22-13-11-19(25-21-12-13)23-15-8-5-4-7-14(15)20/h9-12,14-15H,3-8,20H2,1-2H3,(H2,22,23,24,25)/t14-,15+/m0/s1. The zero-order chi connectivity index (χ0) is 18.4. The summed E-state index contributed by atoms with van der Waals surface area (Å²) in [6.07, 6.45) is 8.11. The van der Waals surface area contributed by atoms with Crippen molar-refractivity contribution in [3.05, 3.63) is 30.1 Å². The lowest BCUT2D eigenvalue weighted by molar-refractivity contribution is 0.403. The Kier molecular flexibility index (Phi) is 6.22. The number of aryl methyl sites for hydroxylation is 1. The molecule has 0 radical (unpaired) electrons. The first-order valence-corrected chi connectivity index (χ1v) is 9.35. The molecular weight excluding hydrogens is 328 g/mol. The van der Waals surface area contributed by atoms with Crippen LogP contribution in [0.5, 0.6) is 5.75 Å². The highest BCUT2D eigenvalue weighted by atomic mass is 16.5. The van der Waals surface area contributed by atoms with Gasteiger partial charge in [-0.1, -0.05) is 26.2 Å². The van der Waals surface area contributed by atoms with E-state index in [2.05, 4.69) is 32.7 Å². The SMILES string of the molecule is CCCc1nc(Nc2cnnc(N[C@@H]3CCCC[C@@H]3N)c2)ccc1OC. The number of rotatable bonds is 7. The molecule has 140 valence electrons. The number of nitrogens with one attached hydrogen (secondary N) is 2. The molecule has 7 heteroatoms. The third-order valence-corrected chi connectivity index (χ3v) is 4.72. The van der Waals surface area contributed by atoms with Crippen LogP contribution in [0.15, 0.2) is 24.4 Å². The molecule has 2 aromatic rings. The number of ether oxygens (including phenoxy) is 1. The van der Waals surface area contributed by atoms with E-state index in [4.69, 9.17) is 10.5 Å². The molecule has 1 aliphatic carbocycles. The summed E-state index contributed by atoms with van der Waals surface area (Å²) >= 11 is 0. The quantitative estimate of drug-likeness (QED) is 0.700. The first-order chi connectivity index (χ1) is 12.7. The molecule has 0 saturated heterocycles. The van der Waals surface area contributed by atoms with Gasteiger partial charge in [0, 0.05) is 18.2 Å². The third kappa shape index (κ3) is 4.60. The molecule has 0 unspecified atom stereocenters. The van der Waals surface area contributed by atoms with Crippen LogP contribution in [0.1, 0.15) is 44.7 Å². The second kappa shape index (κ2) is 8.80. The van der Waals surface area contributed by atoms with Crippen LogP contribution in [-0.2, 0) is 6.42 Å². The van der Waals surface area contributed by atoms with Gasteiger partial charge < -0.3 is 21.1 Å². The Morgan fingerprint density at radius 1 is 1.23 bits per heavy atom. The molecule has 1 saturated carbocycles. The fraction of sp³-hybridized carbons (Fsp3) is 0.526. The molecule has 1 aliphatic rings. The lowest BCUT2D eigenvalue weighted by atomic mass is 9.91. The second-order valence-corrected chi connectivity index (χ2v) is 6.75. The van der Waals surface area contributed by atoms with Crippen molar-refractivity contribution in [1.29, 1.82) is 0 Å². The average Bonchev–Trinajstić information content (AvgIpc) is 2.65. The Bertz CT molecular complexity index is 723. The van der Waals surface area contributed by atoms with Crippen molar-refractivity contribution in [3.63, 3.8) is 0 Å². The maximum absolute atomic E-state index is 6.21. The summed E-state index contributed by atoms with van der Waals surface area (Å²) in [6, 6.07) is 6.21. The van der Waals surface area contributed by atoms with Gasteiger partial charge >= 0.3 is 0 Å². The van der Waals surface area contributed by atoms with Crippen LogP contribution in [0.3, 0.4) is 0 Å². The maximum Gasteiger partial charge on any atom is 0.150 e. The van der Waals surface area contributed by atoms with E-state index in [0.29, 0.717) is 0 Å². The van der Waals surface area contributed by atoms with Crippen molar-refractivity contribution in [3.8, 4) is 5.75 Å². The fourth-order valence-corrected chi connectivity index (χ4v) is 3.34. The number of aromatic nitrogens is 3. The van der Waals surface area contributed by atoms with Gasteiger partial charge in [0.1, 0.15) is 11.6 Å². The molecule has 2 atom stereocenters. The highest BCUT2D eigenvalue weighted by Crippen LogP contribution is 2.24. The summed E-state index contributed by atoms with van der Waals surface area (Å²) < 4.78 is 5.38. The van der Waals surface area contributed by atoms with Crippen LogP contribution in [0.2, 0.25) is 0 Å². The van der Waals surface area contributed by atoms with E-state index < -0.39 is 0 Å². The predicted octanol–water partition coefficient (Wildman–Crippen LogP) is 3.26. The first kappa shape index (κ1) is 18.4. The highest BCUT2D eigenvalue weighted by molar-refractivity contribution is 5.59. The van der Waals surface area contributed by atoms with Gasteiger partial charge in [0.05, 0.1) is 24.7 Å². The zero-order valence-electron chi connectivity index (χ0n) is 15.5. The van der Waals surface area contributed by atoms with Crippen LogP contribution in [0.25, 0.3) is 0 Å². The topological polar surface area (TPSA) is 98.0 Å². The summed E-state index contributed by atoms with van der Waals surface area (Å²) in [5.74, 6) is 2.32.